The van der Waals surface area contributed by atoms with Crippen LogP contribution in [0.3, 0.4) is 0 Å². The molecule has 0 radical (unpaired) electrons. The van der Waals surface area contributed by atoms with Crippen molar-refractivity contribution in [1.29, 1.82) is 0 Å². The highest BCUT2D eigenvalue weighted by Gasteiger charge is 2.36. The van der Waals surface area contributed by atoms with E-state index in [-0.39, 0.29) is 29.9 Å². The number of carbonyl (C=O) groups excluding carboxylic acids is 2. The topological polar surface area (TPSA) is 100 Å². The van der Waals surface area contributed by atoms with Gasteiger partial charge in [0, 0.05) is 31.8 Å². The SMILES string of the molecule is CCCO[C@H]1C[C@@H](C(=O)N(C)Cc2ccon2)CC[C@@H]1NC(=O)c1ccc[nH]1. The highest BCUT2D eigenvalue weighted by atomic mass is 16.5. The molecule has 28 heavy (non-hydrogen) atoms. The highest BCUT2D eigenvalue weighted by molar-refractivity contribution is 5.92. The lowest BCUT2D eigenvalue weighted by Crippen LogP contribution is -2.50. The summed E-state index contributed by atoms with van der Waals surface area (Å²) >= 11 is 0. The number of H-pyrrole nitrogens is 1. The average Bonchev–Trinajstić information content (AvgIpc) is 3.40. The van der Waals surface area contributed by atoms with E-state index in [0.717, 1.165) is 12.1 Å². The van der Waals surface area contributed by atoms with E-state index in [1.807, 2.05) is 6.92 Å². The molecule has 2 N–H and O–H groups in total. The maximum Gasteiger partial charge on any atom is 0.267 e. The molecule has 3 atom stereocenters. The van der Waals surface area contributed by atoms with Crippen molar-refractivity contribution >= 4 is 11.8 Å². The number of nitrogens with one attached hydrogen (secondary N) is 2. The summed E-state index contributed by atoms with van der Waals surface area (Å²) < 4.78 is 10.8. The van der Waals surface area contributed by atoms with Crippen molar-refractivity contribution in [2.75, 3.05) is 13.7 Å². The number of hydrogen-bond donors (Lipinski definition) is 2. The minimum absolute atomic E-state index is 0.0715. The second kappa shape index (κ2) is 9.54. The minimum Gasteiger partial charge on any atom is -0.376 e. The van der Waals surface area contributed by atoms with Crippen LogP contribution in [-0.4, -0.2) is 52.7 Å². The number of ether oxygens (including phenoxy) is 1. The van der Waals surface area contributed by atoms with Crippen molar-refractivity contribution in [1.82, 2.24) is 20.4 Å². The van der Waals surface area contributed by atoms with Crippen LogP contribution in [0.2, 0.25) is 0 Å². The molecule has 0 bridgehead atoms. The summed E-state index contributed by atoms with van der Waals surface area (Å²) in [6.07, 6.45) is 5.94. The molecular weight excluding hydrogens is 360 g/mol. The summed E-state index contributed by atoms with van der Waals surface area (Å²) in [7, 11) is 1.78. The number of aromatic nitrogens is 2. The van der Waals surface area contributed by atoms with Crippen LogP contribution in [0.25, 0.3) is 0 Å². The lowest BCUT2D eigenvalue weighted by Gasteiger charge is -2.37. The van der Waals surface area contributed by atoms with Gasteiger partial charge < -0.3 is 24.5 Å². The largest absolute Gasteiger partial charge is 0.376 e. The molecule has 8 heteroatoms. The van der Waals surface area contributed by atoms with Crippen LogP contribution in [0.4, 0.5) is 0 Å². The van der Waals surface area contributed by atoms with E-state index in [9.17, 15) is 9.59 Å². The molecule has 0 unspecified atom stereocenters. The molecule has 0 aromatic carbocycles. The van der Waals surface area contributed by atoms with E-state index < -0.39 is 0 Å². The second-order valence-corrected chi connectivity index (χ2v) is 7.27. The molecule has 1 aliphatic carbocycles. The molecule has 0 aliphatic heterocycles. The first kappa shape index (κ1) is 20.1. The monoisotopic (exact) mass is 388 g/mol. The van der Waals surface area contributed by atoms with Crippen LogP contribution < -0.4 is 5.32 Å². The first-order valence-electron chi connectivity index (χ1n) is 9.78. The Hall–Kier alpha value is -2.61. The number of carbonyl (C=O) groups is 2. The van der Waals surface area contributed by atoms with Gasteiger partial charge in [0.05, 0.1) is 18.7 Å². The Morgan fingerprint density at radius 1 is 1.39 bits per heavy atom. The van der Waals surface area contributed by atoms with Gasteiger partial charge >= 0.3 is 0 Å². The molecule has 1 saturated carbocycles. The van der Waals surface area contributed by atoms with Gasteiger partial charge in [-0.3, -0.25) is 9.59 Å². The third kappa shape index (κ3) is 5.01. The number of amides is 2. The Kier molecular flexibility index (Phi) is 6.86. The molecule has 2 aromatic heterocycles. The Morgan fingerprint density at radius 3 is 2.93 bits per heavy atom. The van der Waals surface area contributed by atoms with Crippen LogP contribution in [-0.2, 0) is 16.1 Å². The van der Waals surface area contributed by atoms with Gasteiger partial charge in [-0.25, -0.2) is 0 Å². The first-order valence-corrected chi connectivity index (χ1v) is 9.78. The van der Waals surface area contributed by atoms with E-state index >= 15 is 0 Å². The molecule has 0 spiro atoms. The van der Waals surface area contributed by atoms with E-state index in [2.05, 4.69) is 15.5 Å². The normalized spacial score (nSPS) is 22.0. The van der Waals surface area contributed by atoms with Crippen molar-refractivity contribution < 1.29 is 18.8 Å². The maximum absolute atomic E-state index is 12.9. The molecule has 2 aromatic rings. The van der Waals surface area contributed by atoms with Crippen LogP contribution in [0.15, 0.2) is 35.2 Å². The third-order valence-electron chi connectivity index (χ3n) is 5.10. The van der Waals surface area contributed by atoms with E-state index in [1.54, 1.807) is 36.3 Å². The molecule has 0 saturated heterocycles. The zero-order valence-electron chi connectivity index (χ0n) is 16.4. The van der Waals surface area contributed by atoms with E-state index in [4.69, 9.17) is 9.26 Å². The van der Waals surface area contributed by atoms with E-state index in [1.165, 1.54) is 6.26 Å². The van der Waals surface area contributed by atoms with Crippen molar-refractivity contribution in [2.45, 2.75) is 51.3 Å². The minimum atomic E-state index is -0.179. The zero-order valence-corrected chi connectivity index (χ0v) is 16.4. The molecular formula is C20H28N4O4. The molecule has 2 heterocycles. The van der Waals surface area contributed by atoms with Gasteiger partial charge in [-0.1, -0.05) is 12.1 Å². The predicted octanol–water partition coefficient (Wildman–Crippen LogP) is 2.35. The molecule has 1 fully saturated rings. The van der Waals surface area contributed by atoms with Crippen LogP contribution in [0.1, 0.15) is 48.8 Å². The van der Waals surface area contributed by atoms with Crippen LogP contribution in [0.5, 0.6) is 0 Å². The summed E-state index contributed by atoms with van der Waals surface area (Å²) in [6, 6.07) is 5.18. The fourth-order valence-corrected chi connectivity index (χ4v) is 3.64. The predicted molar refractivity (Wildman–Crippen MR) is 102 cm³/mol. The summed E-state index contributed by atoms with van der Waals surface area (Å²) in [5.41, 5.74) is 1.25. The molecule has 152 valence electrons. The Labute approximate surface area is 164 Å². The van der Waals surface area contributed by atoms with Gasteiger partial charge in [-0.15, -0.1) is 0 Å². The molecule has 2 amide bonds. The fourth-order valence-electron chi connectivity index (χ4n) is 3.64. The Bertz CT molecular complexity index is 744. The third-order valence-corrected chi connectivity index (χ3v) is 5.10. The number of aromatic amines is 1. The van der Waals surface area contributed by atoms with Crippen molar-refractivity contribution in [3.05, 3.63) is 42.0 Å². The lowest BCUT2D eigenvalue weighted by atomic mass is 9.82. The standard InChI is InChI=1S/C20H28N4O4/c1-3-10-27-18-12-14(20(26)24(2)13-15-8-11-28-23-15)6-7-16(18)22-19(25)17-5-4-9-21-17/h4-5,8-9,11,14,16,18,21H,3,6-7,10,12-13H2,1-2H3,(H,22,25)/t14-,16-,18-/m0/s1. The average molecular weight is 388 g/mol. The second-order valence-electron chi connectivity index (χ2n) is 7.27. The van der Waals surface area contributed by atoms with Crippen LogP contribution in [0, 0.1) is 5.92 Å². The van der Waals surface area contributed by atoms with Gasteiger partial charge in [0.2, 0.25) is 5.91 Å². The highest BCUT2D eigenvalue weighted by Crippen LogP contribution is 2.29. The maximum atomic E-state index is 12.9. The first-order chi connectivity index (χ1) is 13.6. The fraction of sp³-hybridized carbons (Fsp3) is 0.550. The molecule has 8 nitrogen and oxygen atoms in total. The van der Waals surface area contributed by atoms with Crippen LogP contribution >= 0.6 is 0 Å². The lowest BCUT2D eigenvalue weighted by molar-refractivity contribution is -0.138. The summed E-state index contributed by atoms with van der Waals surface area (Å²) in [6.45, 7) is 3.07. The summed E-state index contributed by atoms with van der Waals surface area (Å²) in [4.78, 5) is 29.9. The number of rotatable bonds is 8. The Morgan fingerprint density at radius 2 is 2.25 bits per heavy atom. The van der Waals surface area contributed by atoms with Crippen molar-refractivity contribution in [3.8, 4) is 0 Å². The summed E-state index contributed by atoms with van der Waals surface area (Å²) in [5.74, 6) is -0.201. The quantitative estimate of drug-likeness (QED) is 0.723. The van der Waals surface area contributed by atoms with Crippen molar-refractivity contribution in [2.24, 2.45) is 5.92 Å². The molecule has 3 rings (SSSR count). The van der Waals surface area contributed by atoms with Gasteiger partial charge in [0.1, 0.15) is 17.7 Å². The van der Waals surface area contributed by atoms with Gasteiger partial charge in [-0.05, 0) is 37.8 Å². The Balaban J connectivity index is 1.60. The number of hydrogen-bond acceptors (Lipinski definition) is 5. The van der Waals surface area contributed by atoms with E-state index in [0.29, 0.717) is 38.1 Å². The molecule has 1 aliphatic rings. The van der Waals surface area contributed by atoms with Gasteiger partial charge in [-0.2, -0.15) is 0 Å². The van der Waals surface area contributed by atoms with Gasteiger partial charge in [0.15, 0.2) is 0 Å². The van der Waals surface area contributed by atoms with Crippen molar-refractivity contribution in [3.63, 3.8) is 0 Å². The number of nitrogens with zero attached hydrogens (tertiary/aromatic N) is 2. The smallest absolute Gasteiger partial charge is 0.267 e. The summed E-state index contributed by atoms with van der Waals surface area (Å²) in [5, 5.41) is 6.93. The zero-order chi connectivity index (χ0) is 19.9. The van der Waals surface area contributed by atoms with Gasteiger partial charge in [0.25, 0.3) is 5.91 Å².